The zero-order chi connectivity index (χ0) is 9.19. The third-order valence-electron chi connectivity index (χ3n) is 2.00. The van der Waals surface area contributed by atoms with Crippen LogP contribution in [0.25, 0.3) is 0 Å². The number of nitrogens with one attached hydrogen (secondary N) is 1. The molecule has 12 heavy (non-hydrogen) atoms. The molecule has 0 aliphatic carbocycles. The first kappa shape index (κ1) is 10.2. The maximum atomic E-state index is 5.58. The average molecular weight is 234 g/mol. The smallest absolute Gasteiger partial charge is 0.0643 e. The summed E-state index contributed by atoms with van der Waals surface area (Å²) in [6.07, 6.45) is 1.08. The van der Waals surface area contributed by atoms with Gasteiger partial charge in [-0.05, 0) is 20.3 Å². The second kappa shape index (κ2) is 3.90. The van der Waals surface area contributed by atoms with Gasteiger partial charge in [0.05, 0.1) is 12.2 Å². The van der Waals surface area contributed by atoms with Gasteiger partial charge in [-0.25, -0.2) is 0 Å². The van der Waals surface area contributed by atoms with Gasteiger partial charge in [0.15, 0.2) is 0 Å². The van der Waals surface area contributed by atoms with Crippen molar-refractivity contribution in [3.8, 4) is 0 Å². The van der Waals surface area contributed by atoms with E-state index in [1.807, 2.05) is 0 Å². The molecule has 1 rings (SSSR count). The number of hydrogen-bond acceptors (Lipinski definition) is 2. The first-order valence-electron chi connectivity index (χ1n) is 4.20. The van der Waals surface area contributed by atoms with Gasteiger partial charge < -0.3 is 10.1 Å². The van der Waals surface area contributed by atoms with Crippen LogP contribution < -0.4 is 5.32 Å². The van der Waals surface area contributed by atoms with Crippen LogP contribution in [0.2, 0.25) is 0 Å². The van der Waals surface area contributed by atoms with E-state index in [1.165, 1.54) is 0 Å². The van der Waals surface area contributed by atoms with E-state index in [0.29, 0.717) is 6.04 Å². The van der Waals surface area contributed by atoms with Gasteiger partial charge in [0.1, 0.15) is 0 Å². The molecule has 0 aromatic rings. The molecule has 0 bridgehead atoms. The molecule has 1 unspecified atom stereocenters. The second-order valence-electron chi connectivity index (χ2n) is 3.87. The Hall–Kier alpha value is 0.140. The lowest BCUT2D eigenvalue weighted by molar-refractivity contribution is 0.0357. The number of ether oxygens (including phenoxy) is 1. The Bertz CT molecular complexity index is 179. The monoisotopic (exact) mass is 233 g/mol. The Morgan fingerprint density at radius 2 is 2.42 bits per heavy atom. The molecule has 0 saturated carbocycles. The Kier molecular flexibility index (Phi) is 3.32. The van der Waals surface area contributed by atoms with E-state index in [0.717, 1.165) is 24.1 Å². The zero-order valence-electron chi connectivity index (χ0n) is 7.69. The highest BCUT2D eigenvalue weighted by Gasteiger charge is 2.31. The maximum Gasteiger partial charge on any atom is 0.0643 e. The highest BCUT2D eigenvalue weighted by atomic mass is 79.9. The molecule has 1 saturated heterocycles. The predicted octanol–water partition coefficient (Wildman–Crippen LogP) is 2.05. The van der Waals surface area contributed by atoms with Gasteiger partial charge in [-0.1, -0.05) is 22.5 Å². The molecule has 0 amide bonds. The van der Waals surface area contributed by atoms with Crippen molar-refractivity contribution in [2.45, 2.75) is 31.9 Å². The molecule has 1 atom stereocenters. The fourth-order valence-corrected chi connectivity index (χ4v) is 1.59. The minimum absolute atomic E-state index is 0.0469. The van der Waals surface area contributed by atoms with E-state index in [9.17, 15) is 0 Å². The highest BCUT2D eigenvalue weighted by Crippen LogP contribution is 2.24. The number of hydrogen-bond donors (Lipinski definition) is 1. The van der Waals surface area contributed by atoms with Gasteiger partial charge in [-0.3, -0.25) is 0 Å². The fourth-order valence-electron chi connectivity index (χ4n) is 1.42. The standard InChI is InChI=1S/C9H16BrNO/c1-7(10)5-11-8-4-9(2,3)12-6-8/h8,11H,1,4-6H2,2-3H3. The zero-order valence-corrected chi connectivity index (χ0v) is 9.28. The van der Waals surface area contributed by atoms with Gasteiger partial charge >= 0.3 is 0 Å². The Morgan fingerprint density at radius 3 is 2.83 bits per heavy atom. The molecule has 1 N–H and O–H groups in total. The molecule has 1 aliphatic rings. The van der Waals surface area contributed by atoms with Crippen molar-refractivity contribution >= 4 is 15.9 Å². The van der Waals surface area contributed by atoms with Crippen LogP contribution >= 0.6 is 15.9 Å². The van der Waals surface area contributed by atoms with Crippen LogP contribution in [0, 0.1) is 0 Å². The molecular formula is C9H16BrNO. The first-order valence-corrected chi connectivity index (χ1v) is 4.99. The van der Waals surface area contributed by atoms with E-state index in [2.05, 4.69) is 41.7 Å². The lowest BCUT2D eigenvalue weighted by Crippen LogP contribution is -2.31. The van der Waals surface area contributed by atoms with Gasteiger partial charge in [0.2, 0.25) is 0 Å². The molecule has 0 spiro atoms. The van der Waals surface area contributed by atoms with Crippen LogP contribution in [0.15, 0.2) is 11.1 Å². The lowest BCUT2D eigenvalue weighted by Gasteiger charge is -2.15. The van der Waals surface area contributed by atoms with Crippen LogP contribution in [0.5, 0.6) is 0 Å². The average Bonchev–Trinajstić information content (AvgIpc) is 2.26. The second-order valence-corrected chi connectivity index (χ2v) is 4.99. The summed E-state index contributed by atoms with van der Waals surface area (Å²) < 4.78 is 6.57. The van der Waals surface area contributed by atoms with Crippen LogP contribution in [0.4, 0.5) is 0 Å². The summed E-state index contributed by atoms with van der Waals surface area (Å²) in [5, 5.41) is 3.37. The number of rotatable bonds is 3. The van der Waals surface area contributed by atoms with Crippen molar-refractivity contribution in [2.24, 2.45) is 0 Å². The first-order chi connectivity index (χ1) is 5.49. The molecule has 1 aliphatic heterocycles. The van der Waals surface area contributed by atoms with Crippen LogP contribution in [0.1, 0.15) is 20.3 Å². The molecule has 0 aromatic carbocycles. The Labute approximate surface area is 82.5 Å². The third kappa shape index (κ3) is 3.25. The van der Waals surface area contributed by atoms with Crippen molar-refractivity contribution in [3.63, 3.8) is 0 Å². The molecule has 1 fully saturated rings. The van der Waals surface area contributed by atoms with E-state index in [-0.39, 0.29) is 5.60 Å². The normalized spacial score (nSPS) is 27.4. The van der Waals surface area contributed by atoms with Gasteiger partial charge in [0.25, 0.3) is 0 Å². The van der Waals surface area contributed by atoms with E-state index >= 15 is 0 Å². The summed E-state index contributed by atoms with van der Waals surface area (Å²) in [4.78, 5) is 0. The van der Waals surface area contributed by atoms with Crippen LogP contribution in [0.3, 0.4) is 0 Å². The van der Waals surface area contributed by atoms with Gasteiger partial charge in [0, 0.05) is 17.1 Å². The highest BCUT2D eigenvalue weighted by molar-refractivity contribution is 9.11. The molecule has 1 heterocycles. The van der Waals surface area contributed by atoms with E-state index in [4.69, 9.17) is 4.74 Å². The van der Waals surface area contributed by atoms with Crippen molar-refractivity contribution < 1.29 is 4.74 Å². The molecule has 3 heteroatoms. The maximum absolute atomic E-state index is 5.58. The summed E-state index contributed by atoms with van der Waals surface area (Å²) in [5.41, 5.74) is 0.0469. The van der Waals surface area contributed by atoms with Crippen molar-refractivity contribution in [1.29, 1.82) is 0 Å². The van der Waals surface area contributed by atoms with Crippen LogP contribution in [-0.2, 0) is 4.74 Å². The minimum atomic E-state index is 0.0469. The summed E-state index contributed by atoms with van der Waals surface area (Å²) in [6, 6.07) is 0.481. The Morgan fingerprint density at radius 1 is 1.75 bits per heavy atom. The van der Waals surface area contributed by atoms with E-state index < -0.39 is 0 Å². The molecule has 70 valence electrons. The largest absolute Gasteiger partial charge is 0.374 e. The van der Waals surface area contributed by atoms with Gasteiger partial charge in [-0.2, -0.15) is 0 Å². The molecule has 0 aromatic heterocycles. The van der Waals surface area contributed by atoms with Crippen molar-refractivity contribution in [2.75, 3.05) is 13.2 Å². The summed E-state index contributed by atoms with van der Waals surface area (Å²) in [7, 11) is 0. The summed E-state index contributed by atoms with van der Waals surface area (Å²) in [5.74, 6) is 0. The SMILES string of the molecule is C=C(Br)CNC1COC(C)(C)C1. The summed E-state index contributed by atoms with van der Waals surface area (Å²) >= 11 is 3.31. The van der Waals surface area contributed by atoms with Gasteiger partial charge in [-0.15, -0.1) is 0 Å². The quantitative estimate of drug-likeness (QED) is 0.806. The minimum Gasteiger partial charge on any atom is -0.374 e. The molecule has 2 nitrogen and oxygen atoms in total. The fraction of sp³-hybridized carbons (Fsp3) is 0.778. The van der Waals surface area contributed by atoms with Crippen LogP contribution in [-0.4, -0.2) is 24.8 Å². The lowest BCUT2D eigenvalue weighted by atomic mass is 10.0. The molecule has 0 radical (unpaired) electrons. The Balaban J connectivity index is 2.24. The predicted molar refractivity (Wildman–Crippen MR) is 54.5 cm³/mol. The van der Waals surface area contributed by atoms with Crippen molar-refractivity contribution in [1.82, 2.24) is 5.32 Å². The molecular weight excluding hydrogens is 218 g/mol. The topological polar surface area (TPSA) is 21.3 Å². The number of halogens is 1. The van der Waals surface area contributed by atoms with Crippen molar-refractivity contribution in [3.05, 3.63) is 11.1 Å². The third-order valence-corrected chi connectivity index (χ3v) is 2.28. The summed E-state index contributed by atoms with van der Waals surface area (Å²) in [6.45, 7) is 9.65. The van der Waals surface area contributed by atoms with E-state index in [1.54, 1.807) is 0 Å².